The van der Waals surface area contributed by atoms with Crippen LogP contribution in [0.4, 0.5) is 0 Å². The van der Waals surface area contributed by atoms with E-state index in [9.17, 15) is 0 Å². The topological polar surface area (TPSA) is 12.0 Å². The van der Waals surface area contributed by atoms with Crippen LogP contribution in [-0.4, -0.2) is 0 Å². The molecule has 0 spiro atoms. The Balaban J connectivity index is 1.81. The number of hydrogen-bond donors (Lipinski definition) is 1. The second-order valence-corrected chi connectivity index (χ2v) is 6.57. The number of hydrogen-bond acceptors (Lipinski definition) is 1. The Morgan fingerprint density at radius 3 is 2.80 bits per heavy atom. The fourth-order valence-corrected chi connectivity index (χ4v) is 3.88. The zero-order chi connectivity index (χ0) is 14.1. The summed E-state index contributed by atoms with van der Waals surface area (Å²) in [7, 11) is 0. The molecule has 1 aliphatic rings. The van der Waals surface area contributed by atoms with E-state index in [2.05, 4.69) is 52.4 Å². The van der Waals surface area contributed by atoms with Crippen molar-refractivity contribution in [2.45, 2.75) is 31.8 Å². The molecule has 0 heterocycles. The van der Waals surface area contributed by atoms with E-state index in [1.54, 1.807) is 0 Å². The third-order valence-corrected chi connectivity index (χ3v) is 5.12. The molecule has 1 nitrogen and oxygen atoms in total. The van der Waals surface area contributed by atoms with Gasteiger partial charge >= 0.3 is 0 Å². The molecule has 20 heavy (non-hydrogen) atoms. The minimum absolute atomic E-state index is 0.249. The van der Waals surface area contributed by atoms with Crippen molar-refractivity contribution >= 4 is 27.5 Å². The van der Waals surface area contributed by atoms with Crippen LogP contribution in [0.3, 0.4) is 0 Å². The average Bonchev–Trinajstić information content (AvgIpc) is 2.84. The molecule has 3 heteroatoms. The Labute approximate surface area is 133 Å². The van der Waals surface area contributed by atoms with Crippen molar-refractivity contribution in [3.8, 4) is 0 Å². The highest BCUT2D eigenvalue weighted by Crippen LogP contribution is 2.37. The molecule has 1 aliphatic carbocycles. The molecule has 2 aromatic carbocycles. The number of benzene rings is 2. The van der Waals surface area contributed by atoms with Crippen molar-refractivity contribution in [3.05, 3.63) is 68.7 Å². The highest BCUT2D eigenvalue weighted by Gasteiger charge is 2.25. The molecular formula is C17H17BrClN. The van der Waals surface area contributed by atoms with Gasteiger partial charge in [0.15, 0.2) is 0 Å². The molecule has 0 aromatic heterocycles. The summed E-state index contributed by atoms with van der Waals surface area (Å²) in [6.45, 7) is 2.18. The lowest BCUT2D eigenvalue weighted by atomic mass is 10.0. The van der Waals surface area contributed by atoms with E-state index >= 15 is 0 Å². The van der Waals surface area contributed by atoms with Gasteiger partial charge in [0.05, 0.1) is 0 Å². The summed E-state index contributed by atoms with van der Waals surface area (Å²) in [5.74, 6) is 0. The Hall–Kier alpha value is -0.830. The monoisotopic (exact) mass is 349 g/mol. The van der Waals surface area contributed by atoms with Crippen molar-refractivity contribution in [2.75, 3.05) is 0 Å². The standard InChI is InChI=1S/C17H17BrClN/c1-11(12-5-2-3-8-16(12)19)20-17-10-9-13-14(17)6-4-7-15(13)18/h2-8,11,17,20H,9-10H2,1H3/t11-,17?/m1/s1. The summed E-state index contributed by atoms with van der Waals surface area (Å²) in [4.78, 5) is 0. The SMILES string of the molecule is C[C@@H](NC1CCc2c(Br)cccc21)c1ccccc1Cl. The Morgan fingerprint density at radius 2 is 2.00 bits per heavy atom. The number of rotatable bonds is 3. The zero-order valence-electron chi connectivity index (χ0n) is 11.4. The van der Waals surface area contributed by atoms with E-state index in [0.717, 1.165) is 23.4 Å². The molecule has 2 atom stereocenters. The van der Waals surface area contributed by atoms with Crippen molar-refractivity contribution in [3.63, 3.8) is 0 Å². The van der Waals surface area contributed by atoms with Gasteiger partial charge in [-0.2, -0.15) is 0 Å². The lowest BCUT2D eigenvalue weighted by Gasteiger charge is -2.21. The van der Waals surface area contributed by atoms with Crippen LogP contribution in [0.25, 0.3) is 0 Å². The maximum atomic E-state index is 6.28. The fraction of sp³-hybridized carbons (Fsp3) is 0.294. The predicted molar refractivity (Wildman–Crippen MR) is 88.2 cm³/mol. The first-order valence-corrected chi connectivity index (χ1v) is 8.11. The average molecular weight is 351 g/mol. The molecule has 1 N–H and O–H groups in total. The molecule has 2 aromatic rings. The fourth-order valence-electron chi connectivity index (χ4n) is 3.00. The molecule has 104 valence electrons. The molecule has 0 saturated heterocycles. The highest BCUT2D eigenvalue weighted by molar-refractivity contribution is 9.10. The molecular weight excluding hydrogens is 334 g/mol. The van der Waals surface area contributed by atoms with Crippen LogP contribution < -0.4 is 5.32 Å². The molecule has 0 radical (unpaired) electrons. The zero-order valence-corrected chi connectivity index (χ0v) is 13.7. The largest absolute Gasteiger partial charge is 0.303 e. The van der Waals surface area contributed by atoms with Gasteiger partial charge in [-0.05, 0) is 48.6 Å². The number of halogens is 2. The summed E-state index contributed by atoms with van der Waals surface area (Å²) in [5.41, 5.74) is 4.02. The summed E-state index contributed by atoms with van der Waals surface area (Å²) < 4.78 is 1.23. The van der Waals surface area contributed by atoms with E-state index in [1.165, 1.54) is 15.6 Å². The van der Waals surface area contributed by atoms with Gasteiger partial charge in [0.2, 0.25) is 0 Å². The molecule has 0 amide bonds. The van der Waals surface area contributed by atoms with Crippen LogP contribution in [0.2, 0.25) is 5.02 Å². The quantitative estimate of drug-likeness (QED) is 0.777. The Kier molecular flexibility index (Phi) is 4.16. The van der Waals surface area contributed by atoms with Crippen LogP contribution in [0.1, 0.15) is 42.1 Å². The molecule has 0 fully saturated rings. The van der Waals surface area contributed by atoms with Gasteiger partial charge in [0.1, 0.15) is 0 Å². The maximum absolute atomic E-state index is 6.28. The first-order chi connectivity index (χ1) is 9.66. The molecule has 0 bridgehead atoms. The second-order valence-electron chi connectivity index (χ2n) is 5.31. The van der Waals surface area contributed by atoms with E-state index in [4.69, 9.17) is 11.6 Å². The summed E-state index contributed by atoms with van der Waals surface area (Å²) in [6, 6.07) is 15.2. The van der Waals surface area contributed by atoms with E-state index in [-0.39, 0.29) is 6.04 Å². The molecule has 3 rings (SSSR count). The Bertz CT molecular complexity index is 626. The van der Waals surface area contributed by atoms with Gasteiger partial charge in [-0.3, -0.25) is 0 Å². The second kappa shape index (κ2) is 5.88. The van der Waals surface area contributed by atoms with Gasteiger partial charge in [-0.15, -0.1) is 0 Å². The van der Waals surface area contributed by atoms with Gasteiger partial charge in [0.25, 0.3) is 0 Å². The van der Waals surface area contributed by atoms with E-state index < -0.39 is 0 Å². The summed E-state index contributed by atoms with van der Waals surface area (Å²) in [5, 5.41) is 4.55. The van der Waals surface area contributed by atoms with E-state index in [0.29, 0.717) is 6.04 Å². The van der Waals surface area contributed by atoms with E-state index in [1.807, 2.05) is 18.2 Å². The van der Waals surface area contributed by atoms with Crippen LogP contribution in [0.5, 0.6) is 0 Å². The van der Waals surface area contributed by atoms with Crippen LogP contribution >= 0.6 is 27.5 Å². The summed E-state index contributed by atoms with van der Waals surface area (Å²) in [6.07, 6.45) is 2.27. The first kappa shape index (κ1) is 14.1. The molecule has 0 aliphatic heterocycles. The number of fused-ring (bicyclic) bond motifs is 1. The van der Waals surface area contributed by atoms with Gasteiger partial charge in [-0.1, -0.05) is 57.9 Å². The molecule has 1 unspecified atom stereocenters. The van der Waals surface area contributed by atoms with Gasteiger partial charge < -0.3 is 5.32 Å². The van der Waals surface area contributed by atoms with Crippen molar-refractivity contribution in [1.29, 1.82) is 0 Å². The number of nitrogens with one attached hydrogen (secondary N) is 1. The minimum Gasteiger partial charge on any atom is -0.303 e. The van der Waals surface area contributed by atoms with Gasteiger partial charge in [-0.25, -0.2) is 0 Å². The Morgan fingerprint density at radius 1 is 1.20 bits per heavy atom. The minimum atomic E-state index is 0.249. The lowest BCUT2D eigenvalue weighted by Crippen LogP contribution is -2.23. The predicted octanol–water partition coefficient (Wildman–Crippen LogP) is 5.44. The summed E-state index contributed by atoms with van der Waals surface area (Å²) >= 11 is 9.93. The highest BCUT2D eigenvalue weighted by atomic mass is 79.9. The smallest absolute Gasteiger partial charge is 0.0453 e. The van der Waals surface area contributed by atoms with Gasteiger partial charge in [0, 0.05) is 21.6 Å². The third-order valence-electron chi connectivity index (χ3n) is 4.04. The lowest BCUT2D eigenvalue weighted by molar-refractivity contribution is 0.465. The van der Waals surface area contributed by atoms with Crippen molar-refractivity contribution < 1.29 is 0 Å². The van der Waals surface area contributed by atoms with Crippen LogP contribution in [0, 0.1) is 0 Å². The molecule has 0 saturated carbocycles. The van der Waals surface area contributed by atoms with Crippen LogP contribution in [0.15, 0.2) is 46.9 Å². The normalized spacial score (nSPS) is 18.9. The van der Waals surface area contributed by atoms with Crippen LogP contribution in [-0.2, 0) is 6.42 Å². The van der Waals surface area contributed by atoms with Crippen molar-refractivity contribution in [1.82, 2.24) is 5.32 Å². The van der Waals surface area contributed by atoms with Crippen molar-refractivity contribution in [2.24, 2.45) is 0 Å². The first-order valence-electron chi connectivity index (χ1n) is 6.94. The maximum Gasteiger partial charge on any atom is 0.0453 e. The third kappa shape index (κ3) is 2.65.